The van der Waals surface area contributed by atoms with E-state index in [4.69, 9.17) is 11.2 Å². The number of benzene rings is 1. The lowest BCUT2D eigenvalue weighted by Crippen LogP contribution is -1.93. The molecule has 0 heterocycles. The number of aryl methyl sites for hydroxylation is 1. The quantitative estimate of drug-likeness (QED) is 0.503. The molecule has 0 saturated carbocycles. The molecule has 1 aromatic carbocycles. The van der Waals surface area contributed by atoms with E-state index in [1.165, 1.54) is 11.1 Å². The van der Waals surface area contributed by atoms with Crippen molar-refractivity contribution in [2.24, 2.45) is 0 Å². The van der Waals surface area contributed by atoms with Crippen LogP contribution in [0.25, 0.3) is 0 Å². The lowest BCUT2D eigenvalue weighted by molar-refractivity contribution is 0.153. The van der Waals surface area contributed by atoms with Crippen molar-refractivity contribution in [2.45, 2.75) is 20.0 Å². The van der Waals surface area contributed by atoms with Gasteiger partial charge in [0.15, 0.2) is 0 Å². The first-order valence-electron chi connectivity index (χ1n) is 4.46. The van der Waals surface area contributed by atoms with Crippen LogP contribution in [-0.2, 0) is 17.8 Å². The van der Waals surface area contributed by atoms with Crippen molar-refractivity contribution in [3.8, 4) is 12.3 Å². The van der Waals surface area contributed by atoms with Crippen molar-refractivity contribution in [1.82, 2.24) is 0 Å². The molecule has 0 unspecified atom stereocenters. The van der Waals surface area contributed by atoms with Gasteiger partial charge in [-0.1, -0.05) is 37.1 Å². The summed E-state index contributed by atoms with van der Waals surface area (Å²) in [7, 11) is 0. The highest BCUT2D eigenvalue weighted by Crippen LogP contribution is 2.06. The Hall–Kier alpha value is -1.26. The van der Waals surface area contributed by atoms with E-state index in [-0.39, 0.29) is 0 Å². The van der Waals surface area contributed by atoms with Gasteiger partial charge in [0.25, 0.3) is 0 Å². The third-order valence-electron chi connectivity index (χ3n) is 1.85. The van der Waals surface area contributed by atoms with Crippen LogP contribution in [0.15, 0.2) is 24.3 Å². The van der Waals surface area contributed by atoms with Crippen molar-refractivity contribution in [3.63, 3.8) is 0 Å². The second-order valence-electron chi connectivity index (χ2n) is 2.87. The third kappa shape index (κ3) is 3.31. The monoisotopic (exact) mass is 174 g/mol. The molecule has 0 aliphatic heterocycles. The van der Waals surface area contributed by atoms with E-state index in [0.29, 0.717) is 13.2 Å². The molecule has 0 aromatic heterocycles. The summed E-state index contributed by atoms with van der Waals surface area (Å²) >= 11 is 0. The van der Waals surface area contributed by atoms with Gasteiger partial charge in [0, 0.05) is 0 Å². The van der Waals surface area contributed by atoms with Gasteiger partial charge in [0.1, 0.15) is 6.61 Å². The summed E-state index contributed by atoms with van der Waals surface area (Å²) in [5.41, 5.74) is 2.52. The minimum atomic E-state index is 0.385. The maximum atomic E-state index is 5.23. The van der Waals surface area contributed by atoms with Gasteiger partial charge in [-0.05, 0) is 17.5 Å². The number of terminal acetylenes is 1. The van der Waals surface area contributed by atoms with E-state index in [0.717, 1.165) is 6.42 Å². The van der Waals surface area contributed by atoms with Crippen LogP contribution in [0.2, 0.25) is 0 Å². The highest BCUT2D eigenvalue weighted by Gasteiger charge is 1.93. The van der Waals surface area contributed by atoms with Crippen LogP contribution in [0.1, 0.15) is 18.1 Å². The van der Waals surface area contributed by atoms with Gasteiger partial charge in [-0.3, -0.25) is 0 Å². The Morgan fingerprint density at radius 3 is 2.85 bits per heavy atom. The summed E-state index contributed by atoms with van der Waals surface area (Å²) in [5, 5.41) is 0. The van der Waals surface area contributed by atoms with Gasteiger partial charge in [-0.15, -0.1) is 6.42 Å². The molecule has 13 heavy (non-hydrogen) atoms. The number of hydrogen-bond donors (Lipinski definition) is 0. The van der Waals surface area contributed by atoms with Crippen LogP contribution >= 0.6 is 0 Å². The van der Waals surface area contributed by atoms with Gasteiger partial charge in [0.05, 0.1) is 6.61 Å². The summed E-state index contributed by atoms with van der Waals surface area (Å²) < 4.78 is 5.23. The van der Waals surface area contributed by atoms with Crippen molar-refractivity contribution >= 4 is 0 Å². The molecule has 0 fully saturated rings. The molecule has 0 aliphatic rings. The maximum absolute atomic E-state index is 5.23. The zero-order chi connectivity index (χ0) is 9.52. The third-order valence-corrected chi connectivity index (χ3v) is 1.85. The lowest BCUT2D eigenvalue weighted by Gasteiger charge is -2.02. The largest absolute Gasteiger partial charge is 0.364 e. The van der Waals surface area contributed by atoms with E-state index in [1.807, 2.05) is 6.07 Å². The summed E-state index contributed by atoms with van der Waals surface area (Å²) in [6, 6.07) is 8.37. The van der Waals surface area contributed by atoms with Crippen molar-refractivity contribution in [1.29, 1.82) is 0 Å². The van der Waals surface area contributed by atoms with E-state index >= 15 is 0 Å². The molecule has 0 amide bonds. The molecule has 68 valence electrons. The van der Waals surface area contributed by atoms with Gasteiger partial charge >= 0.3 is 0 Å². The number of hydrogen-bond acceptors (Lipinski definition) is 1. The normalized spacial score (nSPS) is 9.54. The Labute approximate surface area is 79.7 Å². The predicted molar refractivity (Wildman–Crippen MR) is 54.3 cm³/mol. The van der Waals surface area contributed by atoms with Crippen LogP contribution in [-0.4, -0.2) is 6.61 Å². The molecule has 0 saturated heterocycles. The molecule has 0 atom stereocenters. The van der Waals surface area contributed by atoms with Gasteiger partial charge in [-0.2, -0.15) is 0 Å². The van der Waals surface area contributed by atoms with Crippen LogP contribution in [0.5, 0.6) is 0 Å². The molecule has 0 N–H and O–H groups in total. The Morgan fingerprint density at radius 2 is 2.15 bits per heavy atom. The minimum Gasteiger partial charge on any atom is -0.364 e. The zero-order valence-corrected chi connectivity index (χ0v) is 7.92. The first-order valence-corrected chi connectivity index (χ1v) is 4.46. The summed E-state index contributed by atoms with van der Waals surface area (Å²) in [5.74, 6) is 2.44. The first-order chi connectivity index (χ1) is 6.36. The van der Waals surface area contributed by atoms with Crippen molar-refractivity contribution < 1.29 is 4.74 Å². The summed E-state index contributed by atoms with van der Waals surface area (Å²) in [4.78, 5) is 0. The molecule has 1 aromatic rings. The molecule has 1 rings (SSSR count). The first kappa shape index (κ1) is 9.83. The molecule has 1 heteroatoms. The highest BCUT2D eigenvalue weighted by molar-refractivity contribution is 5.22. The molecule has 0 spiro atoms. The molecular formula is C12H14O. The van der Waals surface area contributed by atoms with E-state index in [9.17, 15) is 0 Å². The number of rotatable bonds is 4. The molecule has 0 bridgehead atoms. The molecular weight excluding hydrogens is 160 g/mol. The smallest absolute Gasteiger partial charge is 0.107 e. The van der Waals surface area contributed by atoms with Crippen molar-refractivity contribution in [2.75, 3.05) is 6.61 Å². The summed E-state index contributed by atoms with van der Waals surface area (Å²) in [6.45, 7) is 3.13. The average molecular weight is 174 g/mol. The molecule has 0 aliphatic carbocycles. The average Bonchev–Trinajstić information content (AvgIpc) is 2.19. The Kier molecular flexibility index (Phi) is 4.08. The van der Waals surface area contributed by atoms with E-state index in [2.05, 4.69) is 31.0 Å². The Morgan fingerprint density at radius 1 is 1.38 bits per heavy atom. The summed E-state index contributed by atoms with van der Waals surface area (Å²) in [6.07, 6.45) is 6.13. The molecule has 1 nitrogen and oxygen atoms in total. The van der Waals surface area contributed by atoms with E-state index in [1.54, 1.807) is 0 Å². The Bertz CT molecular complexity index is 296. The van der Waals surface area contributed by atoms with Crippen molar-refractivity contribution in [3.05, 3.63) is 35.4 Å². The topological polar surface area (TPSA) is 9.23 Å². The standard InChI is InChI=1S/C12H14O/c1-3-8-13-10-12-7-5-6-11(4-2)9-12/h1,5-7,9H,4,8,10H2,2H3. The minimum absolute atomic E-state index is 0.385. The van der Waals surface area contributed by atoms with Gasteiger partial charge in [0.2, 0.25) is 0 Å². The Balaban J connectivity index is 2.52. The lowest BCUT2D eigenvalue weighted by atomic mass is 10.1. The predicted octanol–water partition coefficient (Wildman–Crippen LogP) is 2.40. The second kappa shape index (κ2) is 5.40. The SMILES string of the molecule is C#CCOCc1cccc(CC)c1. The maximum Gasteiger partial charge on any atom is 0.107 e. The fraction of sp³-hybridized carbons (Fsp3) is 0.333. The zero-order valence-electron chi connectivity index (χ0n) is 7.92. The van der Waals surface area contributed by atoms with Gasteiger partial charge in [-0.25, -0.2) is 0 Å². The second-order valence-corrected chi connectivity index (χ2v) is 2.87. The molecule has 0 radical (unpaired) electrons. The fourth-order valence-corrected chi connectivity index (χ4v) is 1.17. The van der Waals surface area contributed by atoms with Crippen LogP contribution < -0.4 is 0 Å². The van der Waals surface area contributed by atoms with Crippen LogP contribution in [0, 0.1) is 12.3 Å². The number of ether oxygens (including phenoxy) is 1. The highest BCUT2D eigenvalue weighted by atomic mass is 16.5. The van der Waals surface area contributed by atoms with Gasteiger partial charge < -0.3 is 4.74 Å². The van der Waals surface area contributed by atoms with E-state index < -0.39 is 0 Å². The fourth-order valence-electron chi connectivity index (χ4n) is 1.17. The van der Waals surface area contributed by atoms with Crippen LogP contribution in [0.4, 0.5) is 0 Å². The van der Waals surface area contributed by atoms with Crippen LogP contribution in [0.3, 0.4) is 0 Å².